The highest BCUT2D eigenvalue weighted by molar-refractivity contribution is 6.31. The van der Waals surface area contributed by atoms with Crippen molar-refractivity contribution in [3.63, 3.8) is 0 Å². The van der Waals surface area contributed by atoms with Crippen molar-refractivity contribution >= 4 is 23.2 Å². The highest BCUT2D eigenvalue weighted by atomic mass is 35.5. The van der Waals surface area contributed by atoms with Crippen LogP contribution in [0.5, 0.6) is 5.75 Å². The van der Waals surface area contributed by atoms with Crippen molar-refractivity contribution in [1.29, 1.82) is 0 Å². The first-order valence-corrected chi connectivity index (χ1v) is 6.47. The Balaban J connectivity index is 2.69. The minimum absolute atomic E-state index is 0.449. The molecule has 0 spiro atoms. The van der Waals surface area contributed by atoms with E-state index in [4.69, 9.17) is 27.9 Å². The van der Waals surface area contributed by atoms with Crippen molar-refractivity contribution in [2.75, 3.05) is 13.2 Å². The Labute approximate surface area is 113 Å². The lowest BCUT2D eigenvalue weighted by Crippen LogP contribution is -2.15. The quantitative estimate of drug-likeness (QED) is 0.759. The Morgan fingerprint density at radius 2 is 2.24 bits per heavy atom. The van der Waals surface area contributed by atoms with E-state index in [1.54, 1.807) is 6.08 Å². The van der Waals surface area contributed by atoms with Crippen LogP contribution in [0.25, 0.3) is 0 Å². The highest BCUT2D eigenvalue weighted by Crippen LogP contribution is 2.26. The molecule has 1 aromatic carbocycles. The number of benzene rings is 1. The molecule has 0 saturated carbocycles. The average Bonchev–Trinajstić information content (AvgIpc) is 2.33. The zero-order valence-corrected chi connectivity index (χ0v) is 11.4. The maximum absolute atomic E-state index is 6.16. The smallest absolute Gasteiger partial charge is 0.125 e. The van der Waals surface area contributed by atoms with Crippen LogP contribution in [0.1, 0.15) is 18.9 Å². The Hall–Kier alpha value is -0.700. The van der Waals surface area contributed by atoms with Crippen LogP contribution >= 0.6 is 23.2 Å². The normalized spacial score (nSPS) is 11.0. The SMILES string of the molecule is CCCNCc1c(Cl)cccc1OC/C=C/Cl. The van der Waals surface area contributed by atoms with Gasteiger partial charge in [0, 0.05) is 22.7 Å². The Kier molecular flexibility index (Phi) is 7.10. The van der Waals surface area contributed by atoms with Crippen LogP contribution in [0.3, 0.4) is 0 Å². The van der Waals surface area contributed by atoms with Crippen molar-refractivity contribution < 1.29 is 4.74 Å². The van der Waals surface area contributed by atoms with Gasteiger partial charge in [0.25, 0.3) is 0 Å². The van der Waals surface area contributed by atoms with Gasteiger partial charge in [-0.2, -0.15) is 0 Å². The fraction of sp³-hybridized carbons (Fsp3) is 0.385. The molecule has 0 atom stereocenters. The molecule has 0 aliphatic heterocycles. The number of hydrogen-bond donors (Lipinski definition) is 1. The lowest BCUT2D eigenvalue weighted by molar-refractivity contribution is 0.357. The summed E-state index contributed by atoms with van der Waals surface area (Å²) in [5.74, 6) is 0.802. The molecule has 17 heavy (non-hydrogen) atoms. The molecule has 0 unspecified atom stereocenters. The summed E-state index contributed by atoms with van der Waals surface area (Å²) < 4.78 is 5.59. The van der Waals surface area contributed by atoms with Crippen molar-refractivity contribution in [3.05, 3.63) is 40.4 Å². The topological polar surface area (TPSA) is 21.3 Å². The Morgan fingerprint density at radius 1 is 1.41 bits per heavy atom. The second-order valence-corrected chi connectivity index (χ2v) is 4.23. The van der Waals surface area contributed by atoms with Gasteiger partial charge >= 0.3 is 0 Å². The molecule has 0 heterocycles. The molecule has 0 aliphatic rings. The van der Waals surface area contributed by atoms with E-state index in [9.17, 15) is 0 Å². The van der Waals surface area contributed by atoms with Gasteiger partial charge in [-0.3, -0.25) is 0 Å². The Bertz CT molecular complexity index is 366. The maximum Gasteiger partial charge on any atom is 0.125 e. The summed E-state index contributed by atoms with van der Waals surface area (Å²) >= 11 is 11.6. The van der Waals surface area contributed by atoms with Gasteiger partial charge in [0.2, 0.25) is 0 Å². The van der Waals surface area contributed by atoms with Crippen molar-refractivity contribution in [3.8, 4) is 5.75 Å². The fourth-order valence-electron chi connectivity index (χ4n) is 1.41. The zero-order valence-electron chi connectivity index (χ0n) is 9.88. The highest BCUT2D eigenvalue weighted by Gasteiger charge is 2.07. The van der Waals surface area contributed by atoms with Crippen LogP contribution in [0.2, 0.25) is 5.02 Å². The van der Waals surface area contributed by atoms with Crippen LogP contribution < -0.4 is 10.1 Å². The van der Waals surface area contributed by atoms with E-state index in [2.05, 4.69) is 12.2 Å². The molecule has 1 aromatic rings. The van der Waals surface area contributed by atoms with Gasteiger partial charge in [0.1, 0.15) is 12.4 Å². The average molecular weight is 274 g/mol. The lowest BCUT2D eigenvalue weighted by atomic mass is 10.2. The Morgan fingerprint density at radius 3 is 2.94 bits per heavy atom. The summed E-state index contributed by atoms with van der Waals surface area (Å²) in [6.07, 6.45) is 2.83. The minimum atomic E-state index is 0.449. The summed E-state index contributed by atoms with van der Waals surface area (Å²) in [6.45, 7) is 4.26. The fourth-order valence-corrected chi connectivity index (χ4v) is 1.72. The third-order valence-electron chi connectivity index (χ3n) is 2.23. The first-order chi connectivity index (χ1) is 8.29. The van der Waals surface area contributed by atoms with Gasteiger partial charge in [-0.15, -0.1) is 0 Å². The van der Waals surface area contributed by atoms with E-state index in [1.165, 1.54) is 5.54 Å². The van der Waals surface area contributed by atoms with Crippen LogP contribution in [0.15, 0.2) is 29.8 Å². The number of ether oxygens (including phenoxy) is 1. The van der Waals surface area contributed by atoms with Crippen LogP contribution in [-0.4, -0.2) is 13.2 Å². The number of halogens is 2. The van der Waals surface area contributed by atoms with E-state index in [0.29, 0.717) is 13.2 Å². The molecule has 4 heteroatoms. The van der Waals surface area contributed by atoms with E-state index in [0.717, 1.165) is 29.3 Å². The largest absolute Gasteiger partial charge is 0.489 e. The van der Waals surface area contributed by atoms with Crippen molar-refractivity contribution in [2.45, 2.75) is 19.9 Å². The van der Waals surface area contributed by atoms with Gasteiger partial charge in [0.15, 0.2) is 0 Å². The standard InChI is InChI=1S/C13H17Cl2NO/c1-2-8-16-10-11-12(15)5-3-6-13(11)17-9-4-7-14/h3-7,16H,2,8-10H2,1H3/b7-4+. The molecule has 0 bridgehead atoms. The predicted molar refractivity (Wildman–Crippen MR) is 73.9 cm³/mol. The molecule has 2 nitrogen and oxygen atoms in total. The minimum Gasteiger partial charge on any atom is -0.489 e. The van der Waals surface area contributed by atoms with E-state index in [1.807, 2.05) is 18.2 Å². The first kappa shape index (κ1) is 14.4. The number of rotatable bonds is 7. The van der Waals surface area contributed by atoms with Crippen LogP contribution in [-0.2, 0) is 6.54 Å². The molecule has 94 valence electrons. The molecule has 0 aliphatic carbocycles. The number of nitrogens with one attached hydrogen (secondary N) is 1. The molecule has 0 amide bonds. The first-order valence-electron chi connectivity index (χ1n) is 5.65. The molecule has 0 saturated heterocycles. The van der Waals surface area contributed by atoms with Crippen molar-refractivity contribution in [1.82, 2.24) is 5.32 Å². The van der Waals surface area contributed by atoms with Crippen LogP contribution in [0.4, 0.5) is 0 Å². The third kappa shape index (κ3) is 4.99. The van der Waals surface area contributed by atoms with Crippen LogP contribution in [0, 0.1) is 0 Å². The van der Waals surface area contributed by atoms with E-state index in [-0.39, 0.29) is 0 Å². The summed E-state index contributed by atoms with van der Waals surface area (Å²) in [5, 5.41) is 4.04. The van der Waals surface area contributed by atoms with Crippen molar-refractivity contribution in [2.24, 2.45) is 0 Å². The molecule has 1 N–H and O–H groups in total. The lowest BCUT2D eigenvalue weighted by Gasteiger charge is -2.12. The second-order valence-electron chi connectivity index (χ2n) is 3.57. The molecule has 0 aromatic heterocycles. The molecule has 1 rings (SSSR count). The van der Waals surface area contributed by atoms with E-state index >= 15 is 0 Å². The second kappa shape index (κ2) is 8.40. The van der Waals surface area contributed by atoms with Gasteiger partial charge < -0.3 is 10.1 Å². The van der Waals surface area contributed by atoms with Gasteiger partial charge in [-0.25, -0.2) is 0 Å². The molecule has 0 radical (unpaired) electrons. The zero-order chi connectivity index (χ0) is 12.5. The van der Waals surface area contributed by atoms with Gasteiger partial charge in [0.05, 0.1) is 0 Å². The third-order valence-corrected chi connectivity index (χ3v) is 2.76. The monoisotopic (exact) mass is 273 g/mol. The molecular weight excluding hydrogens is 257 g/mol. The van der Waals surface area contributed by atoms with E-state index < -0.39 is 0 Å². The predicted octanol–water partition coefficient (Wildman–Crippen LogP) is 3.97. The van der Waals surface area contributed by atoms with Gasteiger partial charge in [-0.1, -0.05) is 36.2 Å². The number of hydrogen-bond acceptors (Lipinski definition) is 2. The molecular formula is C13H17Cl2NO. The summed E-state index contributed by atoms with van der Waals surface area (Å²) in [6, 6.07) is 5.66. The summed E-state index contributed by atoms with van der Waals surface area (Å²) in [5.41, 5.74) is 2.44. The summed E-state index contributed by atoms with van der Waals surface area (Å²) in [7, 11) is 0. The maximum atomic E-state index is 6.16. The molecule has 0 fully saturated rings. The van der Waals surface area contributed by atoms with Gasteiger partial charge in [-0.05, 0) is 31.2 Å². The summed E-state index contributed by atoms with van der Waals surface area (Å²) in [4.78, 5) is 0.